The first-order valence-corrected chi connectivity index (χ1v) is 10.3. The molecule has 156 valence electrons. The largest absolute Gasteiger partial charge is 0.464 e. The van der Waals surface area contributed by atoms with E-state index in [4.69, 9.17) is 20.8 Å². The van der Waals surface area contributed by atoms with Gasteiger partial charge < -0.3 is 14.5 Å². The van der Waals surface area contributed by atoms with Crippen LogP contribution in [-0.2, 0) is 14.3 Å². The van der Waals surface area contributed by atoms with Gasteiger partial charge in [0.2, 0.25) is 0 Å². The Labute approximate surface area is 178 Å². The van der Waals surface area contributed by atoms with Gasteiger partial charge in [-0.25, -0.2) is 0 Å². The van der Waals surface area contributed by atoms with Gasteiger partial charge in [-0.05, 0) is 44.9 Å². The van der Waals surface area contributed by atoms with Crippen molar-refractivity contribution in [1.29, 1.82) is 0 Å². The number of allylic oxidation sites excluding steroid dienone is 2. The Balaban J connectivity index is 1.95. The Morgan fingerprint density at radius 1 is 1.30 bits per heavy atom. The number of carbonyl (C=O) groups excluding carboxylic acids is 2. The summed E-state index contributed by atoms with van der Waals surface area (Å²) in [6.07, 6.45) is 2.70. The van der Waals surface area contributed by atoms with E-state index in [0.717, 1.165) is 0 Å². The molecule has 0 amide bonds. The summed E-state index contributed by atoms with van der Waals surface area (Å²) in [6.45, 7) is 7.50. The summed E-state index contributed by atoms with van der Waals surface area (Å²) in [5.74, 6) is -2.38. The zero-order valence-electron chi connectivity index (χ0n) is 16.8. The third-order valence-electron chi connectivity index (χ3n) is 5.49. The second-order valence-corrected chi connectivity index (χ2v) is 8.36. The predicted molar refractivity (Wildman–Crippen MR) is 113 cm³/mol. The summed E-state index contributed by atoms with van der Waals surface area (Å²) in [7, 11) is 0. The maximum atomic E-state index is 13.4. The number of nitrogens with one attached hydrogen (secondary N) is 1. The second-order valence-electron chi connectivity index (χ2n) is 7.92. The summed E-state index contributed by atoms with van der Waals surface area (Å²) in [5.41, 5.74) is 1.83. The summed E-state index contributed by atoms with van der Waals surface area (Å²) < 4.78 is 11.1. The van der Waals surface area contributed by atoms with Gasteiger partial charge in [-0.15, -0.1) is 0 Å². The van der Waals surface area contributed by atoms with E-state index in [0.29, 0.717) is 52.2 Å². The van der Waals surface area contributed by atoms with E-state index < -0.39 is 17.8 Å². The molecule has 6 nitrogen and oxygen atoms in total. The minimum atomic E-state index is -0.923. The zero-order chi connectivity index (χ0) is 21.6. The van der Waals surface area contributed by atoms with Crippen LogP contribution in [0.3, 0.4) is 0 Å². The number of fused-ring (bicyclic) bond motifs is 1. The first kappa shape index (κ1) is 20.4. The molecule has 1 aliphatic carbocycles. The van der Waals surface area contributed by atoms with Crippen LogP contribution in [0.4, 0.5) is 0 Å². The molecule has 2 aliphatic rings. The Morgan fingerprint density at radius 2 is 2.07 bits per heavy atom. The number of rotatable bonds is 3. The fourth-order valence-electron chi connectivity index (χ4n) is 4.25. The average Bonchev–Trinajstić information content (AvgIpc) is 2.67. The molecule has 0 saturated heterocycles. The number of ether oxygens (including phenoxy) is 1. The Morgan fingerprint density at radius 3 is 2.80 bits per heavy atom. The fourth-order valence-corrected chi connectivity index (χ4v) is 4.42. The van der Waals surface area contributed by atoms with Crippen LogP contribution in [0, 0.1) is 5.92 Å². The lowest BCUT2D eigenvalue weighted by molar-refractivity contribution is -0.151. The van der Waals surface area contributed by atoms with E-state index in [1.165, 1.54) is 12.3 Å². The fraction of sp³-hybridized carbons (Fsp3) is 0.348. The summed E-state index contributed by atoms with van der Waals surface area (Å²) in [6, 6.07) is 4.78. The molecule has 2 unspecified atom stereocenters. The molecule has 2 atom stereocenters. The number of hydrogen-bond donors (Lipinski definition) is 1. The van der Waals surface area contributed by atoms with Crippen molar-refractivity contribution in [1.82, 2.24) is 5.32 Å². The van der Waals surface area contributed by atoms with Crippen molar-refractivity contribution in [3.63, 3.8) is 0 Å². The monoisotopic (exact) mass is 427 g/mol. The number of benzene rings is 1. The van der Waals surface area contributed by atoms with Crippen LogP contribution >= 0.6 is 11.6 Å². The first-order chi connectivity index (χ1) is 14.3. The third-order valence-corrected chi connectivity index (χ3v) is 5.72. The molecule has 1 aromatic heterocycles. The molecule has 1 aliphatic heterocycles. The van der Waals surface area contributed by atoms with Crippen molar-refractivity contribution >= 4 is 34.3 Å². The van der Waals surface area contributed by atoms with Gasteiger partial charge >= 0.3 is 5.97 Å². The van der Waals surface area contributed by atoms with Crippen molar-refractivity contribution in [2.75, 3.05) is 0 Å². The number of ketones is 1. The van der Waals surface area contributed by atoms with Crippen molar-refractivity contribution in [3.05, 3.63) is 68.8 Å². The first-order valence-electron chi connectivity index (χ1n) is 9.91. The molecule has 30 heavy (non-hydrogen) atoms. The average molecular weight is 428 g/mol. The number of carbonyl (C=O) groups is 2. The Kier molecular flexibility index (Phi) is 5.28. The quantitative estimate of drug-likeness (QED) is 0.738. The standard InChI is InChI=1S/C23H22ClNO5/c1-11(2)30-23(28)19-12(3)25-16-5-4-6-17(26)21(16)20(19)15-10-29-18-8-7-13(24)9-14(18)22(15)27/h7-11,19-20,25H,3-6H2,1-2H3. The molecule has 0 bridgehead atoms. The summed E-state index contributed by atoms with van der Waals surface area (Å²) >= 11 is 6.08. The zero-order valence-corrected chi connectivity index (χ0v) is 17.5. The minimum absolute atomic E-state index is 0.0887. The number of Topliss-reactive ketones (excluding diaryl/α,β-unsaturated/α-hetero) is 1. The molecule has 4 rings (SSSR count). The lowest BCUT2D eigenvalue weighted by Crippen LogP contribution is -2.42. The van der Waals surface area contributed by atoms with Gasteiger partial charge in [-0.2, -0.15) is 0 Å². The smallest absolute Gasteiger partial charge is 0.316 e. The van der Waals surface area contributed by atoms with Crippen molar-refractivity contribution < 1.29 is 18.7 Å². The summed E-state index contributed by atoms with van der Waals surface area (Å²) in [5, 5.41) is 3.82. The van der Waals surface area contributed by atoms with Gasteiger partial charge in [0.1, 0.15) is 11.5 Å². The molecule has 2 heterocycles. The highest BCUT2D eigenvalue weighted by molar-refractivity contribution is 6.31. The number of hydrogen-bond acceptors (Lipinski definition) is 6. The Hall–Kier alpha value is -2.86. The van der Waals surface area contributed by atoms with Crippen LogP contribution in [-0.4, -0.2) is 17.9 Å². The lowest BCUT2D eigenvalue weighted by Gasteiger charge is -2.37. The van der Waals surface area contributed by atoms with Crippen LogP contribution < -0.4 is 10.7 Å². The van der Waals surface area contributed by atoms with Crippen molar-refractivity contribution in [3.8, 4) is 0 Å². The maximum Gasteiger partial charge on any atom is 0.316 e. The topological polar surface area (TPSA) is 85.6 Å². The normalized spacial score (nSPS) is 21.6. The molecule has 0 saturated carbocycles. The Bertz CT molecular complexity index is 1160. The van der Waals surface area contributed by atoms with Gasteiger partial charge in [-0.1, -0.05) is 18.2 Å². The van der Waals surface area contributed by atoms with E-state index >= 15 is 0 Å². The van der Waals surface area contributed by atoms with Crippen LogP contribution in [0.1, 0.15) is 44.6 Å². The SMILES string of the molecule is C=C1NC2=C(C(=O)CCC2)C(c2coc3ccc(Cl)cc3c2=O)C1C(=O)OC(C)C. The van der Waals surface area contributed by atoms with E-state index in [1.54, 1.807) is 26.0 Å². The molecular weight excluding hydrogens is 406 g/mol. The molecular formula is C23H22ClNO5. The number of halogens is 1. The van der Waals surface area contributed by atoms with E-state index in [2.05, 4.69) is 11.9 Å². The molecule has 1 N–H and O–H groups in total. The molecule has 1 aromatic carbocycles. The van der Waals surface area contributed by atoms with Crippen LogP contribution in [0.15, 0.2) is 57.2 Å². The molecule has 0 spiro atoms. The van der Waals surface area contributed by atoms with Crippen molar-refractivity contribution in [2.24, 2.45) is 5.92 Å². The van der Waals surface area contributed by atoms with Gasteiger partial charge in [0.15, 0.2) is 11.2 Å². The highest BCUT2D eigenvalue weighted by Gasteiger charge is 2.45. The van der Waals surface area contributed by atoms with E-state index in [9.17, 15) is 14.4 Å². The number of esters is 1. The molecule has 0 radical (unpaired) electrons. The highest BCUT2D eigenvalue weighted by atomic mass is 35.5. The molecule has 7 heteroatoms. The second kappa shape index (κ2) is 7.76. The molecule has 0 fully saturated rings. The van der Waals surface area contributed by atoms with Gasteiger partial charge in [0, 0.05) is 39.9 Å². The van der Waals surface area contributed by atoms with Crippen LogP contribution in [0.2, 0.25) is 5.02 Å². The lowest BCUT2D eigenvalue weighted by atomic mass is 9.71. The van der Waals surface area contributed by atoms with Gasteiger partial charge in [-0.3, -0.25) is 14.4 Å². The molecule has 2 aromatic rings. The van der Waals surface area contributed by atoms with Crippen LogP contribution in [0.5, 0.6) is 0 Å². The van der Waals surface area contributed by atoms with Crippen molar-refractivity contribution in [2.45, 2.75) is 45.1 Å². The van der Waals surface area contributed by atoms with Crippen LogP contribution in [0.25, 0.3) is 11.0 Å². The third kappa shape index (κ3) is 3.45. The van der Waals surface area contributed by atoms with E-state index in [1.807, 2.05) is 0 Å². The summed E-state index contributed by atoms with van der Waals surface area (Å²) in [4.78, 5) is 39.3. The highest BCUT2D eigenvalue weighted by Crippen LogP contribution is 2.44. The minimum Gasteiger partial charge on any atom is -0.464 e. The maximum absolute atomic E-state index is 13.4. The predicted octanol–water partition coefficient (Wildman–Crippen LogP) is 4.22. The van der Waals surface area contributed by atoms with Gasteiger partial charge in [0.25, 0.3) is 0 Å². The van der Waals surface area contributed by atoms with Gasteiger partial charge in [0.05, 0.1) is 17.8 Å². The van der Waals surface area contributed by atoms with E-state index in [-0.39, 0.29) is 22.9 Å².